The highest BCUT2D eigenvalue weighted by Crippen LogP contribution is 2.24. The highest BCUT2D eigenvalue weighted by Gasteiger charge is 2.22. The van der Waals surface area contributed by atoms with E-state index in [0.717, 1.165) is 53.7 Å². The molecule has 1 fully saturated rings. The van der Waals surface area contributed by atoms with Crippen molar-refractivity contribution in [2.24, 2.45) is 0 Å². The Labute approximate surface area is 189 Å². The van der Waals surface area contributed by atoms with Crippen LogP contribution >= 0.6 is 34.7 Å². The first kappa shape index (κ1) is 21.4. The minimum Gasteiger partial charge on any atom is -0.339 e. The average molecular weight is 462 g/mol. The molecule has 0 atom stereocenters. The lowest BCUT2D eigenvalue weighted by Crippen LogP contribution is -2.48. The van der Waals surface area contributed by atoms with Gasteiger partial charge in [0, 0.05) is 43.3 Å². The molecule has 30 heavy (non-hydrogen) atoms. The van der Waals surface area contributed by atoms with E-state index < -0.39 is 0 Å². The molecule has 0 unspecified atom stereocenters. The maximum Gasteiger partial charge on any atom is 0.233 e. The topological polar surface area (TPSA) is 54.3 Å². The minimum atomic E-state index is 0.148. The van der Waals surface area contributed by atoms with E-state index in [-0.39, 0.29) is 5.91 Å². The molecule has 3 heterocycles. The van der Waals surface area contributed by atoms with E-state index in [4.69, 9.17) is 11.6 Å². The molecule has 0 bridgehead atoms. The second kappa shape index (κ2) is 9.51. The number of carbonyl (C=O) groups is 1. The molecule has 0 radical (unpaired) electrons. The second-order valence-electron chi connectivity index (χ2n) is 7.35. The number of nitrogens with zero attached hydrogens (tertiary/aromatic N) is 5. The summed E-state index contributed by atoms with van der Waals surface area (Å²) in [5.41, 5.74) is 2.22. The van der Waals surface area contributed by atoms with Crippen LogP contribution in [0.25, 0.3) is 5.69 Å². The molecular formula is C21H24ClN5OS2. The zero-order valence-electron chi connectivity index (χ0n) is 17.0. The van der Waals surface area contributed by atoms with Crippen LogP contribution in [0.15, 0.2) is 41.6 Å². The maximum atomic E-state index is 12.8. The molecule has 0 aliphatic carbocycles. The third-order valence-corrected chi connectivity index (χ3v) is 7.27. The van der Waals surface area contributed by atoms with Crippen molar-refractivity contribution in [2.75, 3.05) is 31.9 Å². The summed E-state index contributed by atoms with van der Waals surface area (Å²) in [5, 5.41) is 9.24. The Morgan fingerprint density at radius 1 is 1.07 bits per heavy atom. The molecule has 4 rings (SSSR count). The van der Waals surface area contributed by atoms with Crippen LogP contribution < -0.4 is 0 Å². The number of rotatable bonds is 6. The fourth-order valence-electron chi connectivity index (χ4n) is 3.46. The maximum absolute atomic E-state index is 12.8. The first-order valence-corrected chi connectivity index (χ1v) is 12.0. The number of thioether (sulfide) groups is 1. The van der Waals surface area contributed by atoms with Crippen LogP contribution in [0.1, 0.15) is 16.3 Å². The Kier molecular flexibility index (Phi) is 6.77. The first-order valence-electron chi connectivity index (χ1n) is 9.86. The Morgan fingerprint density at radius 3 is 2.47 bits per heavy atom. The molecule has 1 amide bonds. The van der Waals surface area contributed by atoms with E-state index >= 15 is 0 Å². The van der Waals surface area contributed by atoms with Crippen LogP contribution in [0.5, 0.6) is 0 Å². The molecule has 2 aromatic heterocycles. The zero-order chi connectivity index (χ0) is 21.1. The van der Waals surface area contributed by atoms with Gasteiger partial charge in [-0.15, -0.1) is 21.5 Å². The standard InChI is InChI=1S/C21H24ClN5OS2/c1-15-3-5-17(6-4-15)27-16(2)23-24-21(27)29-14-20(28)26-11-9-25(10-12-26)13-18-7-8-19(22)30-18/h3-8H,9-14H2,1-2H3. The number of carbonyl (C=O) groups excluding carboxylic acids is 1. The van der Waals surface area contributed by atoms with Crippen molar-refractivity contribution in [3.8, 4) is 5.69 Å². The summed E-state index contributed by atoms with van der Waals surface area (Å²) in [6.45, 7) is 8.15. The number of thiophene rings is 1. The first-order chi connectivity index (χ1) is 14.5. The molecule has 9 heteroatoms. The molecule has 3 aromatic rings. The summed E-state index contributed by atoms with van der Waals surface area (Å²) >= 11 is 9.09. The zero-order valence-corrected chi connectivity index (χ0v) is 19.4. The monoisotopic (exact) mass is 461 g/mol. The van der Waals surface area contributed by atoms with Crippen LogP contribution in [-0.2, 0) is 11.3 Å². The van der Waals surface area contributed by atoms with Gasteiger partial charge in [0.2, 0.25) is 5.91 Å². The number of halogens is 1. The van der Waals surface area contributed by atoms with Gasteiger partial charge in [0.25, 0.3) is 0 Å². The number of hydrogen-bond acceptors (Lipinski definition) is 6. The smallest absolute Gasteiger partial charge is 0.233 e. The average Bonchev–Trinajstić information content (AvgIpc) is 3.32. The van der Waals surface area contributed by atoms with Gasteiger partial charge < -0.3 is 4.90 Å². The van der Waals surface area contributed by atoms with Crippen LogP contribution in [0.2, 0.25) is 4.34 Å². The van der Waals surface area contributed by atoms with Crippen LogP contribution in [-0.4, -0.2) is 62.4 Å². The fourth-order valence-corrected chi connectivity index (χ4v) is 5.49. The van der Waals surface area contributed by atoms with Crippen LogP contribution in [0.3, 0.4) is 0 Å². The third kappa shape index (κ3) is 5.06. The van der Waals surface area contributed by atoms with Crippen molar-refractivity contribution in [1.82, 2.24) is 24.6 Å². The molecule has 1 saturated heterocycles. The molecule has 1 aromatic carbocycles. The summed E-state index contributed by atoms with van der Waals surface area (Å²) in [6, 6.07) is 12.3. The highest BCUT2D eigenvalue weighted by molar-refractivity contribution is 7.99. The molecule has 1 aliphatic heterocycles. The van der Waals surface area contributed by atoms with E-state index in [1.54, 1.807) is 11.3 Å². The van der Waals surface area contributed by atoms with E-state index in [0.29, 0.717) is 5.75 Å². The van der Waals surface area contributed by atoms with E-state index in [9.17, 15) is 4.79 Å². The molecule has 0 N–H and O–H groups in total. The molecule has 158 valence electrons. The number of benzene rings is 1. The second-order valence-corrected chi connectivity index (χ2v) is 10.1. The predicted molar refractivity (Wildman–Crippen MR) is 123 cm³/mol. The summed E-state index contributed by atoms with van der Waals surface area (Å²) in [6.07, 6.45) is 0. The summed E-state index contributed by atoms with van der Waals surface area (Å²) in [7, 11) is 0. The van der Waals surface area contributed by atoms with Crippen LogP contribution in [0, 0.1) is 13.8 Å². The largest absolute Gasteiger partial charge is 0.339 e. The van der Waals surface area contributed by atoms with E-state index in [2.05, 4.69) is 52.4 Å². The van der Waals surface area contributed by atoms with Gasteiger partial charge >= 0.3 is 0 Å². The van der Waals surface area contributed by atoms with Gasteiger partial charge in [-0.25, -0.2) is 0 Å². The van der Waals surface area contributed by atoms with Crippen LogP contribution in [0.4, 0.5) is 0 Å². The van der Waals surface area contributed by atoms with Gasteiger partial charge in [-0.2, -0.15) is 0 Å². The van der Waals surface area contributed by atoms with E-state index in [1.165, 1.54) is 22.2 Å². The number of hydrogen-bond donors (Lipinski definition) is 0. The lowest BCUT2D eigenvalue weighted by atomic mass is 10.2. The molecule has 1 aliphatic rings. The molecule has 0 spiro atoms. The summed E-state index contributed by atoms with van der Waals surface area (Å²) < 4.78 is 2.83. The van der Waals surface area contributed by atoms with E-state index in [1.807, 2.05) is 22.5 Å². The Bertz CT molecular complexity index is 1010. The van der Waals surface area contributed by atoms with Crippen molar-refractivity contribution < 1.29 is 4.79 Å². The predicted octanol–water partition coefficient (Wildman–Crippen LogP) is 4.04. The van der Waals surface area contributed by atoms with Crippen molar-refractivity contribution in [3.05, 3.63) is 57.0 Å². The Morgan fingerprint density at radius 2 is 1.80 bits per heavy atom. The van der Waals surface area contributed by atoms with Gasteiger partial charge in [-0.1, -0.05) is 41.1 Å². The van der Waals surface area contributed by atoms with Crippen molar-refractivity contribution in [2.45, 2.75) is 25.5 Å². The van der Waals surface area contributed by atoms with Crippen molar-refractivity contribution in [1.29, 1.82) is 0 Å². The number of aryl methyl sites for hydroxylation is 2. The highest BCUT2D eigenvalue weighted by atomic mass is 35.5. The lowest BCUT2D eigenvalue weighted by Gasteiger charge is -2.34. The third-order valence-electron chi connectivity index (χ3n) is 5.15. The SMILES string of the molecule is Cc1ccc(-n2c(C)nnc2SCC(=O)N2CCN(Cc3ccc(Cl)s3)CC2)cc1. The minimum absolute atomic E-state index is 0.148. The quantitative estimate of drug-likeness (QED) is 0.518. The summed E-state index contributed by atoms with van der Waals surface area (Å²) in [4.78, 5) is 18.3. The van der Waals surface area contributed by atoms with Gasteiger partial charge in [-0.3, -0.25) is 14.3 Å². The van der Waals surface area contributed by atoms with Crippen molar-refractivity contribution in [3.63, 3.8) is 0 Å². The van der Waals surface area contributed by atoms with Crippen molar-refractivity contribution >= 4 is 40.6 Å². The fraction of sp³-hybridized carbons (Fsp3) is 0.381. The Hall–Kier alpha value is -1.87. The van der Waals surface area contributed by atoms with Gasteiger partial charge in [-0.05, 0) is 38.1 Å². The number of aromatic nitrogens is 3. The Balaban J connectivity index is 1.31. The van der Waals surface area contributed by atoms with Gasteiger partial charge in [0.05, 0.1) is 10.1 Å². The molecular weight excluding hydrogens is 438 g/mol. The number of amides is 1. The lowest BCUT2D eigenvalue weighted by molar-refractivity contribution is -0.130. The number of piperazine rings is 1. The normalized spacial score (nSPS) is 15.0. The summed E-state index contributed by atoms with van der Waals surface area (Å²) in [5.74, 6) is 1.33. The molecule has 0 saturated carbocycles. The van der Waals surface area contributed by atoms with Gasteiger partial charge in [0.15, 0.2) is 5.16 Å². The molecule has 6 nitrogen and oxygen atoms in total. The van der Waals surface area contributed by atoms with Gasteiger partial charge in [0.1, 0.15) is 5.82 Å².